The van der Waals surface area contributed by atoms with Crippen LogP contribution in [-0.2, 0) is 0 Å². The van der Waals surface area contributed by atoms with Crippen molar-refractivity contribution in [2.75, 3.05) is 7.11 Å². The molecule has 0 atom stereocenters. The van der Waals surface area contributed by atoms with Gasteiger partial charge >= 0.3 is 0 Å². The zero-order chi connectivity index (χ0) is 16.9. The minimum absolute atomic E-state index is 1.00. The second kappa shape index (κ2) is 23.8. The highest BCUT2D eigenvalue weighted by atomic mass is 32.2. The molecule has 0 saturated heterocycles. The Kier molecular flexibility index (Phi) is 28.1. The van der Waals surface area contributed by atoms with Crippen molar-refractivity contribution in [3.05, 3.63) is 60.7 Å². The van der Waals surface area contributed by atoms with E-state index in [-0.39, 0.29) is 0 Å². The Hall–Kier alpha value is -1.25. The number of benzene rings is 2. The maximum absolute atomic E-state index is 7.00. The first-order chi connectivity index (χ1) is 10.4. The average Bonchev–Trinajstić information content (AvgIpc) is 2.64. The van der Waals surface area contributed by atoms with E-state index in [1.54, 1.807) is 11.8 Å². The molecule has 0 aliphatic rings. The van der Waals surface area contributed by atoms with Gasteiger partial charge in [0.05, 0.1) is 0 Å². The summed E-state index contributed by atoms with van der Waals surface area (Å²) in [6.45, 7) is 12.0. The third-order valence-corrected chi connectivity index (χ3v) is 2.74. The topological polar surface area (TPSA) is 20.2 Å². The SMILES string of the molecule is CC.CC.CC.CO.c1ccc(Sc2ccccc2)cc1. The van der Waals surface area contributed by atoms with Gasteiger partial charge in [-0.1, -0.05) is 89.7 Å². The van der Waals surface area contributed by atoms with Gasteiger partial charge in [0.1, 0.15) is 0 Å². The molecule has 2 aromatic rings. The fourth-order valence-electron chi connectivity index (χ4n) is 1.11. The Morgan fingerprint density at radius 1 is 0.524 bits per heavy atom. The predicted molar refractivity (Wildman–Crippen MR) is 99.2 cm³/mol. The van der Waals surface area contributed by atoms with Crippen LogP contribution in [0, 0.1) is 0 Å². The zero-order valence-corrected chi connectivity index (χ0v) is 15.4. The Morgan fingerprint density at radius 2 is 0.762 bits per heavy atom. The fourth-order valence-corrected chi connectivity index (χ4v) is 1.97. The Balaban J connectivity index is -0.000000353. The highest BCUT2D eigenvalue weighted by Gasteiger charge is 1.93. The van der Waals surface area contributed by atoms with Crippen LogP contribution in [0.15, 0.2) is 70.5 Å². The second-order valence-electron chi connectivity index (χ2n) is 2.73. The molecule has 0 saturated carbocycles. The molecule has 1 N–H and O–H groups in total. The van der Waals surface area contributed by atoms with E-state index in [1.807, 2.05) is 53.7 Å². The van der Waals surface area contributed by atoms with Crippen molar-refractivity contribution < 1.29 is 5.11 Å². The maximum atomic E-state index is 7.00. The molecule has 0 fully saturated rings. The van der Waals surface area contributed by atoms with E-state index in [2.05, 4.69) is 48.5 Å². The quantitative estimate of drug-likeness (QED) is 0.681. The highest BCUT2D eigenvalue weighted by molar-refractivity contribution is 7.99. The van der Waals surface area contributed by atoms with Gasteiger partial charge in [0.25, 0.3) is 0 Å². The Bertz CT molecular complexity index is 322. The summed E-state index contributed by atoms with van der Waals surface area (Å²) in [5, 5.41) is 7.00. The van der Waals surface area contributed by atoms with Gasteiger partial charge in [-0.05, 0) is 24.3 Å². The molecule has 2 heteroatoms. The predicted octanol–water partition coefficient (Wildman–Crippen LogP) is 6.52. The molecule has 2 rings (SSSR count). The van der Waals surface area contributed by atoms with Crippen LogP contribution in [0.25, 0.3) is 0 Å². The van der Waals surface area contributed by atoms with E-state index in [4.69, 9.17) is 5.11 Å². The fraction of sp³-hybridized carbons (Fsp3) is 0.368. The molecule has 0 bridgehead atoms. The maximum Gasteiger partial charge on any atom is 0.0319 e. The van der Waals surface area contributed by atoms with Crippen molar-refractivity contribution >= 4 is 11.8 Å². The van der Waals surface area contributed by atoms with E-state index in [1.165, 1.54) is 9.79 Å². The van der Waals surface area contributed by atoms with Crippen molar-refractivity contribution in [2.45, 2.75) is 51.3 Å². The molecule has 0 heterocycles. The third-order valence-electron chi connectivity index (χ3n) is 1.72. The van der Waals surface area contributed by atoms with E-state index in [0.717, 1.165) is 7.11 Å². The lowest BCUT2D eigenvalue weighted by molar-refractivity contribution is 0.399. The standard InChI is InChI=1S/C12H10S.3C2H6.CH4O/c1-3-7-11(8-4-1)13-12-9-5-2-6-10-12;4*1-2/h1-10H;3*1-2H3;2H,1H3. The molecule has 1 nitrogen and oxygen atoms in total. The number of hydrogen-bond acceptors (Lipinski definition) is 2. The summed E-state index contributed by atoms with van der Waals surface area (Å²) in [5.74, 6) is 0. The first kappa shape index (κ1) is 24.7. The van der Waals surface area contributed by atoms with Gasteiger partial charge in [-0.3, -0.25) is 0 Å². The van der Waals surface area contributed by atoms with E-state index < -0.39 is 0 Å². The smallest absolute Gasteiger partial charge is 0.0319 e. The van der Waals surface area contributed by atoms with Crippen molar-refractivity contribution in [3.8, 4) is 0 Å². The van der Waals surface area contributed by atoms with Crippen molar-refractivity contribution in [1.29, 1.82) is 0 Å². The largest absolute Gasteiger partial charge is 0.400 e. The van der Waals surface area contributed by atoms with Crippen LogP contribution in [0.4, 0.5) is 0 Å². The summed E-state index contributed by atoms with van der Waals surface area (Å²) in [7, 11) is 1.00. The molecule has 0 spiro atoms. The van der Waals surface area contributed by atoms with Crippen LogP contribution in [-0.4, -0.2) is 12.2 Å². The van der Waals surface area contributed by atoms with E-state index in [0.29, 0.717) is 0 Å². The van der Waals surface area contributed by atoms with Gasteiger partial charge in [-0.15, -0.1) is 0 Å². The molecule has 0 radical (unpaired) electrons. The summed E-state index contributed by atoms with van der Waals surface area (Å²) in [5.41, 5.74) is 0. The Labute approximate surface area is 136 Å². The summed E-state index contributed by atoms with van der Waals surface area (Å²) < 4.78 is 0. The van der Waals surface area contributed by atoms with Crippen molar-refractivity contribution in [2.24, 2.45) is 0 Å². The number of hydrogen-bond donors (Lipinski definition) is 1. The van der Waals surface area contributed by atoms with Crippen LogP contribution in [0.2, 0.25) is 0 Å². The van der Waals surface area contributed by atoms with Crippen LogP contribution in [0.1, 0.15) is 41.5 Å². The van der Waals surface area contributed by atoms with E-state index >= 15 is 0 Å². The molecule has 0 aromatic heterocycles. The van der Waals surface area contributed by atoms with Gasteiger partial charge < -0.3 is 5.11 Å². The number of rotatable bonds is 2. The minimum atomic E-state index is 1.00. The first-order valence-electron chi connectivity index (χ1n) is 7.68. The van der Waals surface area contributed by atoms with Crippen LogP contribution in [0.5, 0.6) is 0 Å². The van der Waals surface area contributed by atoms with Gasteiger partial charge in [0.2, 0.25) is 0 Å². The molecular weight excluding hydrogens is 276 g/mol. The molecule has 2 aromatic carbocycles. The lowest BCUT2D eigenvalue weighted by Crippen LogP contribution is -1.70. The molecule has 0 aliphatic heterocycles. The van der Waals surface area contributed by atoms with Crippen LogP contribution < -0.4 is 0 Å². The number of aliphatic hydroxyl groups is 1. The normalized spacial score (nSPS) is 7.24. The molecule has 0 unspecified atom stereocenters. The second-order valence-corrected chi connectivity index (χ2v) is 3.88. The lowest BCUT2D eigenvalue weighted by Gasteiger charge is -1.99. The monoisotopic (exact) mass is 308 g/mol. The van der Waals surface area contributed by atoms with Gasteiger partial charge in [-0.25, -0.2) is 0 Å². The van der Waals surface area contributed by atoms with Crippen LogP contribution >= 0.6 is 11.8 Å². The lowest BCUT2D eigenvalue weighted by atomic mass is 10.4. The highest BCUT2D eigenvalue weighted by Crippen LogP contribution is 2.26. The summed E-state index contributed by atoms with van der Waals surface area (Å²) in [6.07, 6.45) is 0. The zero-order valence-electron chi connectivity index (χ0n) is 14.6. The third kappa shape index (κ3) is 15.0. The van der Waals surface area contributed by atoms with Gasteiger partial charge in [0.15, 0.2) is 0 Å². The van der Waals surface area contributed by atoms with Gasteiger partial charge in [-0.2, -0.15) is 0 Å². The molecule has 0 amide bonds. The first-order valence-corrected chi connectivity index (χ1v) is 8.49. The van der Waals surface area contributed by atoms with Crippen molar-refractivity contribution in [1.82, 2.24) is 0 Å². The molecular formula is C19H32OS. The molecule has 21 heavy (non-hydrogen) atoms. The Morgan fingerprint density at radius 3 is 1.00 bits per heavy atom. The molecule has 120 valence electrons. The van der Waals surface area contributed by atoms with Crippen LogP contribution in [0.3, 0.4) is 0 Å². The number of aliphatic hydroxyl groups excluding tert-OH is 1. The summed E-state index contributed by atoms with van der Waals surface area (Å²) >= 11 is 1.79. The average molecular weight is 309 g/mol. The minimum Gasteiger partial charge on any atom is -0.400 e. The van der Waals surface area contributed by atoms with Crippen molar-refractivity contribution in [3.63, 3.8) is 0 Å². The molecule has 0 aliphatic carbocycles. The summed E-state index contributed by atoms with van der Waals surface area (Å²) in [6, 6.07) is 20.8. The van der Waals surface area contributed by atoms with Gasteiger partial charge in [0, 0.05) is 16.9 Å². The summed E-state index contributed by atoms with van der Waals surface area (Å²) in [4.78, 5) is 2.57. The van der Waals surface area contributed by atoms with E-state index in [9.17, 15) is 0 Å².